The third-order valence-corrected chi connectivity index (χ3v) is 1.02. The number of allylic oxidation sites excluding steroid dienone is 3. The number of hydrogen-bond acceptors (Lipinski definition) is 1. The fourth-order valence-electron chi connectivity index (χ4n) is 0.383. The molecule has 9 heavy (non-hydrogen) atoms. The molecule has 0 fully saturated rings. The Morgan fingerprint density at radius 1 is 1.67 bits per heavy atom. The third-order valence-electron chi connectivity index (χ3n) is 1.02. The molecule has 0 radical (unpaired) electrons. The van der Waals surface area contributed by atoms with Gasteiger partial charge in [-0.2, -0.15) is 0 Å². The van der Waals surface area contributed by atoms with Crippen LogP contribution < -0.4 is 0 Å². The minimum atomic E-state index is 1.01. The Morgan fingerprint density at radius 2 is 2.33 bits per heavy atom. The minimum Gasteiger partial charge on any atom is -0.297 e. The van der Waals surface area contributed by atoms with Crippen molar-refractivity contribution in [2.45, 2.75) is 13.3 Å². The zero-order valence-electron chi connectivity index (χ0n) is 6.09. The van der Waals surface area contributed by atoms with E-state index in [4.69, 9.17) is 0 Å². The Hall–Kier alpha value is -0.850. The summed E-state index contributed by atoms with van der Waals surface area (Å²) in [5.41, 5.74) is 1.13. The van der Waals surface area contributed by atoms with E-state index in [0.29, 0.717) is 0 Å². The second kappa shape index (κ2) is 5.29. The summed E-state index contributed by atoms with van der Waals surface area (Å²) >= 11 is 0. The van der Waals surface area contributed by atoms with E-state index in [0.717, 1.165) is 12.0 Å². The molecule has 0 spiro atoms. The molecular weight excluding hydrogens is 110 g/mol. The molecular formula is C8H13N. The normalized spacial score (nSPS) is 11.3. The summed E-state index contributed by atoms with van der Waals surface area (Å²) in [5, 5.41) is 0. The summed E-state index contributed by atoms with van der Waals surface area (Å²) in [5.74, 6) is 0. The van der Waals surface area contributed by atoms with Gasteiger partial charge in [0.25, 0.3) is 0 Å². The van der Waals surface area contributed by atoms with Gasteiger partial charge in [0.1, 0.15) is 0 Å². The van der Waals surface area contributed by atoms with Gasteiger partial charge in [0.05, 0.1) is 0 Å². The molecule has 0 saturated heterocycles. The first kappa shape index (κ1) is 8.15. The van der Waals surface area contributed by atoms with Crippen LogP contribution in [0.2, 0.25) is 0 Å². The molecule has 0 aliphatic rings. The number of hydrogen-bond donors (Lipinski definition) is 0. The average Bonchev–Trinajstić information content (AvgIpc) is 1.89. The second-order valence-corrected chi connectivity index (χ2v) is 1.78. The lowest BCUT2D eigenvalue weighted by Gasteiger charge is -1.86. The summed E-state index contributed by atoms with van der Waals surface area (Å²) in [6.45, 7) is 5.88. The Labute approximate surface area is 56.8 Å². The van der Waals surface area contributed by atoms with Crippen molar-refractivity contribution >= 4 is 6.21 Å². The van der Waals surface area contributed by atoms with Crippen LogP contribution in [0.5, 0.6) is 0 Å². The van der Waals surface area contributed by atoms with Crippen LogP contribution in [-0.2, 0) is 0 Å². The van der Waals surface area contributed by atoms with E-state index in [1.807, 2.05) is 12.2 Å². The topological polar surface area (TPSA) is 12.4 Å². The van der Waals surface area contributed by atoms with Crippen LogP contribution in [0.4, 0.5) is 0 Å². The maximum absolute atomic E-state index is 3.80. The van der Waals surface area contributed by atoms with Crippen LogP contribution >= 0.6 is 0 Å². The lowest BCUT2D eigenvalue weighted by Crippen LogP contribution is -1.69. The summed E-state index contributed by atoms with van der Waals surface area (Å²) in [6.07, 6.45) is 6.62. The molecule has 0 amide bonds. The zero-order chi connectivity index (χ0) is 7.11. The molecule has 50 valence electrons. The molecule has 0 aromatic heterocycles. The van der Waals surface area contributed by atoms with Crippen molar-refractivity contribution in [2.75, 3.05) is 7.05 Å². The molecule has 1 heteroatoms. The molecule has 0 aromatic rings. The molecule has 0 atom stereocenters. The molecule has 0 heterocycles. The lowest BCUT2D eigenvalue weighted by atomic mass is 10.2. The van der Waals surface area contributed by atoms with Gasteiger partial charge >= 0.3 is 0 Å². The molecule has 0 bridgehead atoms. The fourth-order valence-corrected chi connectivity index (χ4v) is 0.383. The van der Waals surface area contributed by atoms with Crippen molar-refractivity contribution in [3.8, 4) is 0 Å². The first-order chi connectivity index (χ1) is 4.31. The molecule has 0 aliphatic heterocycles. The van der Waals surface area contributed by atoms with E-state index in [9.17, 15) is 0 Å². The van der Waals surface area contributed by atoms with Crippen LogP contribution in [0.15, 0.2) is 29.3 Å². The van der Waals surface area contributed by atoms with Crippen LogP contribution in [-0.4, -0.2) is 13.3 Å². The highest BCUT2D eigenvalue weighted by molar-refractivity contribution is 5.71. The van der Waals surface area contributed by atoms with Gasteiger partial charge in [-0.3, -0.25) is 4.99 Å². The van der Waals surface area contributed by atoms with Crippen molar-refractivity contribution in [2.24, 2.45) is 4.99 Å². The summed E-state index contributed by atoms with van der Waals surface area (Å²) in [4.78, 5) is 3.79. The molecule has 0 unspecified atom stereocenters. The van der Waals surface area contributed by atoms with Gasteiger partial charge in [0, 0.05) is 13.3 Å². The molecule has 0 aliphatic carbocycles. The monoisotopic (exact) mass is 123 g/mol. The summed E-state index contributed by atoms with van der Waals surface area (Å²) in [6, 6.07) is 0. The number of rotatable bonds is 3. The van der Waals surface area contributed by atoms with Crippen LogP contribution in [0.3, 0.4) is 0 Å². The first-order valence-electron chi connectivity index (χ1n) is 3.07. The standard InChI is InChI=1S/C8H13N/c1-4-8(2)6-5-7-9-3/h5-7H,2,4H2,1,3H3/b6-5-,9-7?. The Kier molecular flexibility index (Phi) is 4.79. The average molecular weight is 123 g/mol. The van der Waals surface area contributed by atoms with E-state index in [1.54, 1.807) is 13.3 Å². The van der Waals surface area contributed by atoms with E-state index in [-0.39, 0.29) is 0 Å². The molecule has 0 saturated carbocycles. The van der Waals surface area contributed by atoms with E-state index in [1.165, 1.54) is 0 Å². The van der Waals surface area contributed by atoms with Gasteiger partial charge in [0.15, 0.2) is 0 Å². The summed E-state index contributed by atoms with van der Waals surface area (Å²) < 4.78 is 0. The predicted octanol–water partition coefficient (Wildman–Crippen LogP) is 2.21. The SMILES string of the molecule is C=C(/C=C\C=NC)CC. The molecule has 0 N–H and O–H groups in total. The van der Waals surface area contributed by atoms with Crippen molar-refractivity contribution < 1.29 is 0 Å². The van der Waals surface area contributed by atoms with Crippen LogP contribution in [0.1, 0.15) is 13.3 Å². The number of nitrogens with zero attached hydrogens (tertiary/aromatic N) is 1. The maximum Gasteiger partial charge on any atom is 0.0277 e. The second-order valence-electron chi connectivity index (χ2n) is 1.78. The van der Waals surface area contributed by atoms with Crippen molar-refractivity contribution in [1.29, 1.82) is 0 Å². The van der Waals surface area contributed by atoms with Crippen molar-refractivity contribution in [1.82, 2.24) is 0 Å². The fraction of sp³-hybridized carbons (Fsp3) is 0.375. The lowest BCUT2D eigenvalue weighted by molar-refractivity contribution is 1.16. The Morgan fingerprint density at radius 3 is 2.78 bits per heavy atom. The quantitative estimate of drug-likeness (QED) is 0.403. The van der Waals surface area contributed by atoms with Gasteiger partial charge in [-0.1, -0.05) is 25.2 Å². The van der Waals surface area contributed by atoms with Crippen molar-refractivity contribution in [3.05, 3.63) is 24.3 Å². The molecule has 0 aromatic carbocycles. The minimum absolute atomic E-state index is 1.01. The van der Waals surface area contributed by atoms with Gasteiger partial charge in [0.2, 0.25) is 0 Å². The third kappa shape index (κ3) is 5.01. The highest BCUT2D eigenvalue weighted by Crippen LogP contribution is 1.95. The first-order valence-corrected chi connectivity index (χ1v) is 3.07. The van der Waals surface area contributed by atoms with E-state index < -0.39 is 0 Å². The van der Waals surface area contributed by atoms with Gasteiger partial charge < -0.3 is 0 Å². The van der Waals surface area contributed by atoms with Gasteiger partial charge in [-0.15, -0.1) is 0 Å². The highest BCUT2D eigenvalue weighted by atomic mass is 14.6. The van der Waals surface area contributed by atoms with E-state index >= 15 is 0 Å². The Bertz CT molecular complexity index is 132. The van der Waals surface area contributed by atoms with Gasteiger partial charge in [-0.05, 0) is 12.5 Å². The van der Waals surface area contributed by atoms with Gasteiger partial charge in [-0.25, -0.2) is 0 Å². The number of aliphatic imine (C=N–C) groups is 1. The predicted molar refractivity (Wildman–Crippen MR) is 43.0 cm³/mol. The maximum atomic E-state index is 3.80. The summed E-state index contributed by atoms with van der Waals surface area (Å²) in [7, 11) is 1.75. The van der Waals surface area contributed by atoms with Crippen molar-refractivity contribution in [3.63, 3.8) is 0 Å². The highest BCUT2D eigenvalue weighted by Gasteiger charge is 1.76. The smallest absolute Gasteiger partial charge is 0.0277 e. The van der Waals surface area contributed by atoms with Crippen LogP contribution in [0.25, 0.3) is 0 Å². The zero-order valence-corrected chi connectivity index (χ0v) is 6.09. The molecule has 0 rings (SSSR count). The largest absolute Gasteiger partial charge is 0.297 e. The van der Waals surface area contributed by atoms with E-state index in [2.05, 4.69) is 18.5 Å². The molecule has 1 nitrogen and oxygen atoms in total. The van der Waals surface area contributed by atoms with Crippen LogP contribution in [0, 0.1) is 0 Å². The Balaban J connectivity index is 3.57.